The minimum Gasteiger partial charge on any atom is -0.492 e. The Bertz CT molecular complexity index is 1370. The minimum absolute atomic E-state index is 0.610. The summed E-state index contributed by atoms with van der Waals surface area (Å²) in [6, 6.07) is 27.1. The third kappa shape index (κ3) is 3.73. The van der Waals surface area contributed by atoms with E-state index in [4.69, 9.17) is 14.7 Å². The average molecular weight is 420 g/mol. The first-order valence-corrected chi connectivity index (χ1v) is 11.4. The molecule has 5 aromatic rings. The lowest BCUT2D eigenvalue weighted by Gasteiger charge is -2.12. The second kappa shape index (κ2) is 8.12. The maximum Gasteiger partial charge on any atom is 0.119 e. The second-order valence-electron chi connectivity index (χ2n) is 8.58. The maximum atomic E-state index is 6.03. The summed E-state index contributed by atoms with van der Waals surface area (Å²) in [5.41, 5.74) is 5.53. The zero-order valence-corrected chi connectivity index (χ0v) is 17.9. The third-order valence-electron chi connectivity index (χ3n) is 6.25. The van der Waals surface area contributed by atoms with Gasteiger partial charge in [0.15, 0.2) is 0 Å². The molecule has 4 heteroatoms. The zero-order chi connectivity index (χ0) is 21.3. The zero-order valence-electron chi connectivity index (χ0n) is 17.9. The molecule has 0 saturated heterocycles. The molecule has 0 aliphatic heterocycles. The number of pyridine rings is 1. The number of hydrogen-bond acceptors (Lipinski definition) is 3. The largest absolute Gasteiger partial charge is 0.492 e. The van der Waals surface area contributed by atoms with Crippen molar-refractivity contribution in [1.82, 2.24) is 14.5 Å². The standard InChI is InChI=1S/C28H25N3O/c1-3-7-21(8-4-1)22-13-14-24-25(18-22)29-19-26-28(24)31(27(30-26)17-20-11-12-20)15-16-32-23-9-5-2-6-10-23/h1-10,13-14,18-20H,11-12,15-17H2. The molecule has 0 atom stereocenters. The van der Waals surface area contributed by atoms with Crippen LogP contribution in [-0.4, -0.2) is 21.1 Å². The fourth-order valence-electron chi connectivity index (χ4n) is 4.42. The summed E-state index contributed by atoms with van der Waals surface area (Å²) in [5.74, 6) is 2.82. The Hall–Kier alpha value is -3.66. The number of ether oxygens (including phenoxy) is 1. The highest BCUT2D eigenvalue weighted by Gasteiger charge is 2.25. The molecule has 1 fully saturated rings. The van der Waals surface area contributed by atoms with Crippen LogP contribution in [-0.2, 0) is 13.0 Å². The Labute approximate surface area is 187 Å². The highest BCUT2D eigenvalue weighted by molar-refractivity contribution is 6.03. The minimum atomic E-state index is 0.610. The normalized spacial score (nSPS) is 13.6. The van der Waals surface area contributed by atoms with Gasteiger partial charge in [-0.2, -0.15) is 0 Å². The summed E-state index contributed by atoms with van der Waals surface area (Å²) < 4.78 is 8.39. The molecule has 3 aromatic carbocycles. The molecular weight excluding hydrogens is 394 g/mol. The van der Waals surface area contributed by atoms with Gasteiger partial charge in [-0.25, -0.2) is 4.98 Å². The lowest BCUT2D eigenvalue weighted by Crippen LogP contribution is -2.12. The van der Waals surface area contributed by atoms with Gasteiger partial charge >= 0.3 is 0 Å². The van der Waals surface area contributed by atoms with Gasteiger partial charge in [0.25, 0.3) is 0 Å². The number of imidazole rings is 1. The summed E-state index contributed by atoms with van der Waals surface area (Å²) in [5, 5.41) is 1.15. The Morgan fingerprint density at radius 3 is 2.41 bits per heavy atom. The monoisotopic (exact) mass is 419 g/mol. The highest BCUT2D eigenvalue weighted by Crippen LogP contribution is 2.35. The molecule has 158 valence electrons. The van der Waals surface area contributed by atoms with Crippen molar-refractivity contribution in [2.24, 2.45) is 5.92 Å². The van der Waals surface area contributed by atoms with Crippen molar-refractivity contribution in [2.75, 3.05) is 6.61 Å². The van der Waals surface area contributed by atoms with E-state index in [0.29, 0.717) is 6.61 Å². The molecule has 1 saturated carbocycles. The second-order valence-corrected chi connectivity index (χ2v) is 8.58. The van der Waals surface area contributed by atoms with Gasteiger partial charge in [-0.1, -0.05) is 60.7 Å². The van der Waals surface area contributed by atoms with Gasteiger partial charge in [-0.3, -0.25) is 4.98 Å². The van der Waals surface area contributed by atoms with E-state index in [1.54, 1.807) is 0 Å². The predicted molar refractivity (Wildman–Crippen MR) is 129 cm³/mol. The molecule has 4 nitrogen and oxygen atoms in total. The summed E-state index contributed by atoms with van der Waals surface area (Å²) >= 11 is 0. The Kier molecular flexibility index (Phi) is 4.83. The molecule has 2 heterocycles. The van der Waals surface area contributed by atoms with Crippen LogP contribution in [0.5, 0.6) is 5.75 Å². The molecule has 1 aliphatic rings. The van der Waals surface area contributed by atoms with Crippen molar-refractivity contribution >= 4 is 21.9 Å². The van der Waals surface area contributed by atoms with E-state index in [1.165, 1.54) is 29.5 Å². The smallest absolute Gasteiger partial charge is 0.119 e. The van der Waals surface area contributed by atoms with Crippen molar-refractivity contribution in [3.8, 4) is 16.9 Å². The van der Waals surface area contributed by atoms with Crippen LogP contribution in [0.25, 0.3) is 33.1 Å². The van der Waals surface area contributed by atoms with Crippen LogP contribution in [0.3, 0.4) is 0 Å². The number of para-hydroxylation sites is 1. The molecule has 6 rings (SSSR count). The van der Waals surface area contributed by atoms with Crippen LogP contribution in [0.15, 0.2) is 85.1 Å². The number of aromatic nitrogens is 3. The Balaban J connectivity index is 1.40. The Morgan fingerprint density at radius 2 is 1.62 bits per heavy atom. The fraction of sp³-hybridized carbons (Fsp3) is 0.214. The average Bonchev–Trinajstić information content (AvgIpc) is 3.60. The van der Waals surface area contributed by atoms with Crippen LogP contribution in [0.4, 0.5) is 0 Å². The maximum absolute atomic E-state index is 6.03. The first-order chi connectivity index (χ1) is 15.8. The lowest BCUT2D eigenvalue weighted by atomic mass is 10.0. The van der Waals surface area contributed by atoms with E-state index in [9.17, 15) is 0 Å². The lowest BCUT2D eigenvalue weighted by molar-refractivity contribution is 0.298. The first kappa shape index (κ1) is 19.1. The van der Waals surface area contributed by atoms with Crippen molar-refractivity contribution in [1.29, 1.82) is 0 Å². The number of rotatable bonds is 7. The van der Waals surface area contributed by atoms with Gasteiger partial charge in [0.05, 0.1) is 23.8 Å². The molecule has 0 spiro atoms. The molecule has 0 bridgehead atoms. The SMILES string of the molecule is c1ccc(OCCn2c(CC3CC3)nc3cnc4cc(-c5ccccc5)ccc4c32)cc1. The van der Waals surface area contributed by atoms with Gasteiger partial charge in [-0.05, 0) is 48.1 Å². The molecule has 2 aromatic heterocycles. The first-order valence-electron chi connectivity index (χ1n) is 11.4. The number of hydrogen-bond donors (Lipinski definition) is 0. The molecule has 0 unspecified atom stereocenters. The van der Waals surface area contributed by atoms with E-state index in [1.807, 2.05) is 42.6 Å². The predicted octanol–water partition coefficient (Wildman–Crippen LogP) is 6.28. The van der Waals surface area contributed by atoms with E-state index < -0.39 is 0 Å². The van der Waals surface area contributed by atoms with Crippen molar-refractivity contribution in [3.63, 3.8) is 0 Å². The molecule has 0 radical (unpaired) electrons. The highest BCUT2D eigenvalue weighted by atomic mass is 16.5. The van der Waals surface area contributed by atoms with E-state index in [2.05, 4.69) is 47.0 Å². The number of benzene rings is 3. The quantitative estimate of drug-likeness (QED) is 0.311. The van der Waals surface area contributed by atoms with E-state index >= 15 is 0 Å². The topological polar surface area (TPSA) is 39.9 Å². The van der Waals surface area contributed by atoms with Crippen LogP contribution in [0.2, 0.25) is 0 Å². The third-order valence-corrected chi connectivity index (χ3v) is 6.25. The molecule has 0 N–H and O–H groups in total. The molecular formula is C28H25N3O. The summed E-state index contributed by atoms with van der Waals surface area (Å²) in [6.07, 6.45) is 5.58. The van der Waals surface area contributed by atoms with Crippen LogP contribution in [0.1, 0.15) is 18.7 Å². The van der Waals surface area contributed by atoms with Gasteiger partial charge in [0, 0.05) is 11.8 Å². The summed E-state index contributed by atoms with van der Waals surface area (Å²) in [4.78, 5) is 9.76. The van der Waals surface area contributed by atoms with Gasteiger partial charge in [-0.15, -0.1) is 0 Å². The Morgan fingerprint density at radius 1 is 0.844 bits per heavy atom. The van der Waals surface area contributed by atoms with Crippen LogP contribution in [0, 0.1) is 5.92 Å². The summed E-state index contributed by atoms with van der Waals surface area (Å²) in [6.45, 7) is 1.38. The number of fused-ring (bicyclic) bond motifs is 3. The van der Waals surface area contributed by atoms with Crippen molar-refractivity contribution < 1.29 is 4.74 Å². The summed E-state index contributed by atoms with van der Waals surface area (Å²) in [7, 11) is 0. The van der Waals surface area contributed by atoms with Gasteiger partial charge in [0.1, 0.15) is 23.7 Å². The molecule has 32 heavy (non-hydrogen) atoms. The van der Waals surface area contributed by atoms with E-state index in [-0.39, 0.29) is 0 Å². The van der Waals surface area contributed by atoms with Gasteiger partial charge < -0.3 is 9.30 Å². The fourth-order valence-corrected chi connectivity index (χ4v) is 4.42. The van der Waals surface area contributed by atoms with Gasteiger partial charge in [0.2, 0.25) is 0 Å². The molecule has 0 amide bonds. The molecule has 1 aliphatic carbocycles. The van der Waals surface area contributed by atoms with Crippen LogP contribution >= 0.6 is 0 Å². The van der Waals surface area contributed by atoms with Crippen LogP contribution < -0.4 is 4.74 Å². The number of nitrogens with zero attached hydrogens (tertiary/aromatic N) is 3. The van der Waals surface area contributed by atoms with Crippen molar-refractivity contribution in [3.05, 3.63) is 90.9 Å². The van der Waals surface area contributed by atoms with Crippen molar-refractivity contribution in [2.45, 2.75) is 25.8 Å². The van der Waals surface area contributed by atoms with E-state index in [0.717, 1.165) is 46.9 Å².